The van der Waals surface area contributed by atoms with Crippen molar-refractivity contribution in [2.45, 2.75) is 18.9 Å². The molecule has 1 aromatic carbocycles. The number of methoxy groups -OCH3 is 1. The molecule has 0 fully saturated rings. The van der Waals surface area contributed by atoms with E-state index < -0.39 is 17.4 Å². The first-order chi connectivity index (χ1) is 11.3. The number of amides is 1. The molecule has 2 aromatic rings. The van der Waals surface area contributed by atoms with Crippen molar-refractivity contribution in [3.63, 3.8) is 0 Å². The lowest BCUT2D eigenvalue weighted by Gasteiger charge is -2.28. The highest BCUT2D eigenvalue weighted by atomic mass is 79.9. The monoisotopic (exact) mass is 395 g/mol. The Kier molecular flexibility index (Phi) is 5.74. The van der Waals surface area contributed by atoms with Gasteiger partial charge in [0.1, 0.15) is 12.0 Å². The van der Waals surface area contributed by atoms with E-state index in [1.165, 1.54) is 13.4 Å². The van der Waals surface area contributed by atoms with E-state index in [-0.39, 0.29) is 18.7 Å². The molecule has 1 atom stereocenters. The second-order valence-corrected chi connectivity index (χ2v) is 6.58. The molecule has 2 N–H and O–H groups in total. The number of ether oxygens (including phenoxy) is 1. The average molecular weight is 396 g/mol. The van der Waals surface area contributed by atoms with Crippen LogP contribution in [0.25, 0.3) is 5.69 Å². The number of halogens is 1. The molecular weight excluding hydrogens is 378 g/mol. The predicted molar refractivity (Wildman–Crippen MR) is 91.3 cm³/mol. The molecule has 128 valence electrons. The zero-order chi connectivity index (χ0) is 17.7. The van der Waals surface area contributed by atoms with Crippen LogP contribution < -0.4 is 5.32 Å². The molecule has 0 bridgehead atoms. The summed E-state index contributed by atoms with van der Waals surface area (Å²) in [4.78, 5) is 27.5. The standard InChI is InChI=1S/C16H18BrN3O4/c1-16(9-24-2,7-14(21)22)19-15(23)13-8-20(10-18-13)12-5-3-11(17)4-6-12/h3-6,8,10H,7,9H2,1-2H3,(H,19,23)(H,21,22). The summed E-state index contributed by atoms with van der Waals surface area (Å²) >= 11 is 3.36. The van der Waals surface area contributed by atoms with Crippen LogP contribution in [0.1, 0.15) is 23.8 Å². The maximum Gasteiger partial charge on any atom is 0.305 e. The Bertz CT molecular complexity index is 729. The van der Waals surface area contributed by atoms with Crippen molar-refractivity contribution in [1.82, 2.24) is 14.9 Å². The molecule has 1 amide bonds. The smallest absolute Gasteiger partial charge is 0.305 e. The third-order valence-corrected chi connectivity index (χ3v) is 3.89. The van der Waals surface area contributed by atoms with Crippen molar-refractivity contribution in [1.29, 1.82) is 0 Å². The number of rotatable bonds is 7. The van der Waals surface area contributed by atoms with Gasteiger partial charge in [0.2, 0.25) is 0 Å². The molecule has 0 aliphatic heterocycles. The summed E-state index contributed by atoms with van der Waals surface area (Å²) in [5.74, 6) is -1.47. The molecule has 1 unspecified atom stereocenters. The number of carbonyl (C=O) groups excluding carboxylic acids is 1. The van der Waals surface area contributed by atoms with Gasteiger partial charge in [-0.2, -0.15) is 0 Å². The largest absolute Gasteiger partial charge is 0.481 e. The lowest BCUT2D eigenvalue weighted by Crippen LogP contribution is -2.50. The Morgan fingerprint density at radius 1 is 1.38 bits per heavy atom. The summed E-state index contributed by atoms with van der Waals surface area (Å²) in [5.41, 5.74) is 0.0413. The summed E-state index contributed by atoms with van der Waals surface area (Å²) in [7, 11) is 1.45. The third kappa shape index (κ3) is 4.65. The molecule has 0 aliphatic carbocycles. The Balaban J connectivity index is 2.15. The van der Waals surface area contributed by atoms with Crippen molar-refractivity contribution >= 4 is 27.8 Å². The fraction of sp³-hybridized carbons (Fsp3) is 0.312. The minimum atomic E-state index is -1.02. The summed E-state index contributed by atoms with van der Waals surface area (Å²) in [6.45, 7) is 1.70. The van der Waals surface area contributed by atoms with Gasteiger partial charge in [-0.05, 0) is 31.2 Å². The highest BCUT2D eigenvalue weighted by molar-refractivity contribution is 9.10. The molecule has 0 aliphatic rings. The highest BCUT2D eigenvalue weighted by Crippen LogP contribution is 2.15. The Morgan fingerprint density at radius 2 is 2.04 bits per heavy atom. The molecule has 0 saturated carbocycles. The van der Waals surface area contributed by atoms with Crippen LogP contribution in [0.3, 0.4) is 0 Å². The van der Waals surface area contributed by atoms with E-state index in [1.54, 1.807) is 17.7 Å². The molecular formula is C16H18BrN3O4. The Morgan fingerprint density at radius 3 is 2.62 bits per heavy atom. The number of carboxylic acids is 1. The van der Waals surface area contributed by atoms with E-state index in [0.29, 0.717) is 0 Å². The number of imidazole rings is 1. The molecule has 7 nitrogen and oxygen atoms in total. The number of aromatic nitrogens is 2. The Hall–Kier alpha value is -2.19. The maximum absolute atomic E-state index is 12.4. The van der Waals surface area contributed by atoms with Crippen LogP contribution in [0.4, 0.5) is 0 Å². The number of aliphatic carboxylic acids is 1. The first-order valence-electron chi connectivity index (χ1n) is 7.16. The van der Waals surface area contributed by atoms with Crippen LogP contribution >= 0.6 is 15.9 Å². The van der Waals surface area contributed by atoms with E-state index in [2.05, 4.69) is 26.2 Å². The summed E-state index contributed by atoms with van der Waals surface area (Å²) in [5, 5.41) is 11.7. The van der Waals surface area contributed by atoms with Gasteiger partial charge in [0.25, 0.3) is 5.91 Å². The van der Waals surface area contributed by atoms with Gasteiger partial charge >= 0.3 is 5.97 Å². The normalized spacial score (nSPS) is 13.3. The zero-order valence-electron chi connectivity index (χ0n) is 13.3. The fourth-order valence-corrected chi connectivity index (χ4v) is 2.58. The number of carboxylic acid groups (broad SMARTS) is 1. The van der Waals surface area contributed by atoms with Crippen molar-refractivity contribution in [2.75, 3.05) is 13.7 Å². The van der Waals surface area contributed by atoms with Gasteiger partial charge in [-0.1, -0.05) is 15.9 Å². The first-order valence-corrected chi connectivity index (χ1v) is 7.95. The van der Waals surface area contributed by atoms with Crippen molar-refractivity contribution in [2.24, 2.45) is 0 Å². The molecule has 1 aromatic heterocycles. The lowest BCUT2D eigenvalue weighted by molar-refractivity contribution is -0.139. The van der Waals surface area contributed by atoms with Crippen LogP contribution in [0, 0.1) is 0 Å². The van der Waals surface area contributed by atoms with Crippen LogP contribution in [0.15, 0.2) is 41.3 Å². The number of nitrogens with one attached hydrogen (secondary N) is 1. The number of benzene rings is 1. The second-order valence-electron chi connectivity index (χ2n) is 5.66. The predicted octanol–water partition coefficient (Wildman–Crippen LogP) is 2.24. The van der Waals surface area contributed by atoms with Gasteiger partial charge in [0.05, 0.1) is 18.6 Å². The Labute approximate surface area is 147 Å². The van der Waals surface area contributed by atoms with Gasteiger partial charge in [-0.15, -0.1) is 0 Å². The molecule has 24 heavy (non-hydrogen) atoms. The minimum absolute atomic E-state index is 0.0818. The van der Waals surface area contributed by atoms with E-state index >= 15 is 0 Å². The van der Waals surface area contributed by atoms with Gasteiger partial charge in [0.15, 0.2) is 0 Å². The molecule has 1 heterocycles. The van der Waals surface area contributed by atoms with Gasteiger partial charge < -0.3 is 19.7 Å². The quantitative estimate of drug-likeness (QED) is 0.749. The van der Waals surface area contributed by atoms with E-state index in [4.69, 9.17) is 9.84 Å². The van der Waals surface area contributed by atoms with Crippen LogP contribution in [0.2, 0.25) is 0 Å². The van der Waals surface area contributed by atoms with Crippen LogP contribution in [-0.2, 0) is 9.53 Å². The van der Waals surface area contributed by atoms with Crippen LogP contribution in [0.5, 0.6) is 0 Å². The molecule has 2 rings (SSSR count). The van der Waals surface area contributed by atoms with Crippen LogP contribution in [-0.4, -0.2) is 45.8 Å². The molecule has 8 heteroatoms. The number of hydrogen-bond acceptors (Lipinski definition) is 4. The van der Waals surface area contributed by atoms with E-state index in [0.717, 1.165) is 10.2 Å². The number of hydrogen-bond donors (Lipinski definition) is 2. The lowest BCUT2D eigenvalue weighted by atomic mass is 9.99. The number of nitrogens with zero attached hydrogens (tertiary/aromatic N) is 2. The summed E-state index contributed by atoms with van der Waals surface area (Å²) in [6.07, 6.45) is 2.87. The molecule has 0 radical (unpaired) electrons. The molecule has 0 saturated heterocycles. The fourth-order valence-electron chi connectivity index (χ4n) is 2.32. The average Bonchev–Trinajstić information content (AvgIpc) is 2.97. The highest BCUT2D eigenvalue weighted by Gasteiger charge is 2.30. The molecule has 0 spiro atoms. The van der Waals surface area contributed by atoms with Gasteiger partial charge in [-0.3, -0.25) is 9.59 Å². The third-order valence-electron chi connectivity index (χ3n) is 3.36. The SMILES string of the molecule is COCC(C)(CC(=O)O)NC(=O)c1cn(-c2ccc(Br)cc2)cn1. The minimum Gasteiger partial charge on any atom is -0.481 e. The maximum atomic E-state index is 12.4. The summed E-state index contributed by atoms with van der Waals surface area (Å²) in [6, 6.07) is 7.54. The second kappa shape index (κ2) is 7.59. The van der Waals surface area contributed by atoms with Gasteiger partial charge in [-0.25, -0.2) is 4.98 Å². The van der Waals surface area contributed by atoms with E-state index in [9.17, 15) is 9.59 Å². The van der Waals surface area contributed by atoms with E-state index in [1.807, 2.05) is 24.3 Å². The van der Waals surface area contributed by atoms with Gasteiger partial charge in [0, 0.05) is 23.5 Å². The first kappa shape index (κ1) is 18.2. The topological polar surface area (TPSA) is 93.5 Å². The van der Waals surface area contributed by atoms with Crippen molar-refractivity contribution in [3.05, 3.63) is 47.0 Å². The van der Waals surface area contributed by atoms with Crippen molar-refractivity contribution < 1.29 is 19.4 Å². The number of carbonyl (C=O) groups is 2. The summed E-state index contributed by atoms with van der Waals surface area (Å²) < 4.78 is 7.69. The zero-order valence-corrected chi connectivity index (χ0v) is 14.9. The van der Waals surface area contributed by atoms with Crippen molar-refractivity contribution in [3.8, 4) is 5.69 Å².